The highest BCUT2D eigenvalue weighted by atomic mass is 16.1. The molecule has 1 aromatic heterocycles. The van der Waals surface area contributed by atoms with Gasteiger partial charge in [-0.2, -0.15) is 4.57 Å². The normalized spacial score (nSPS) is 12.4. The van der Waals surface area contributed by atoms with E-state index in [4.69, 9.17) is 0 Å². The van der Waals surface area contributed by atoms with Crippen molar-refractivity contribution < 1.29 is 9.36 Å². The second-order valence-corrected chi connectivity index (χ2v) is 6.48. The number of pyridine rings is 1. The zero-order valence-electron chi connectivity index (χ0n) is 14.0. The summed E-state index contributed by atoms with van der Waals surface area (Å²) >= 11 is 0. The van der Waals surface area contributed by atoms with Gasteiger partial charge in [-0.1, -0.05) is 38.1 Å². The van der Waals surface area contributed by atoms with E-state index in [-0.39, 0.29) is 6.04 Å². The van der Waals surface area contributed by atoms with Crippen LogP contribution < -0.4 is 4.57 Å². The first-order chi connectivity index (χ1) is 10.5. The Hall–Kier alpha value is -1.96. The van der Waals surface area contributed by atoms with Gasteiger partial charge in [0.05, 0.1) is 0 Å². The molecule has 0 bridgehead atoms. The predicted molar refractivity (Wildman–Crippen MR) is 89.8 cm³/mol. The van der Waals surface area contributed by atoms with Crippen LogP contribution in [0.4, 0.5) is 0 Å². The van der Waals surface area contributed by atoms with Gasteiger partial charge in [-0.3, -0.25) is 4.79 Å². The minimum absolute atomic E-state index is 0.0831. The average molecular weight is 296 g/mol. The fourth-order valence-corrected chi connectivity index (χ4v) is 2.91. The Balaban J connectivity index is 2.26. The monoisotopic (exact) mass is 296 g/mol. The van der Waals surface area contributed by atoms with Crippen molar-refractivity contribution in [3.63, 3.8) is 0 Å². The number of aryl methyl sites for hydroxylation is 2. The fraction of sp³-hybridized carbons (Fsp3) is 0.400. The smallest absolute Gasteiger partial charge is 0.216 e. The number of hydrogen-bond acceptors (Lipinski definition) is 1. The molecule has 1 aromatic carbocycles. The van der Waals surface area contributed by atoms with Crippen LogP contribution in [0.15, 0.2) is 48.8 Å². The van der Waals surface area contributed by atoms with Gasteiger partial charge in [0.1, 0.15) is 0 Å². The van der Waals surface area contributed by atoms with Gasteiger partial charge in [0.2, 0.25) is 11.8 Å². The number of ketones is 1. The van der Waals surface area contributed by atoms with Crippen molar-refractivity contribution in [1.29, 1.82) is 0 Å². The molecule has 0 amide bonds. The molecule has 0 fully saturated rings. The van der Waals surface area contributed by atoms with Crippen LogP contribution in [0.3, 0.4) is 0 Å². The maximum atomic E-state index is 12.9. The Morgan fingerprint density at radius 3 is 2.14 bits per heavy atom. The molecular weight excluding hydrogens is 270 g/mol. The van der Waals surface area contributed by atoms with Crippen LogP contribution in [0.1, 0.15) is 43.0 Å². The number of carbonyl (C=O) groups excluding carboxylic acids is 1. The first kappa shape index (κ1) is 16.4. The molecule has 0 aliphatic carbocycles. The highest BCUT2D eigenvalue weighted by Gasteiger charge is 2.28. The molecule has 0 radical (unpaired) electrons. The summed E-state index contributed by atoms with van der Waals surface area (Å²) in [4.78, 5) is 12.9. The lowest BCUT2D eigenvalue weighted by Crippen LogP contribution is -2.44. The van der Waals surface area contributed by atoms with Crippen molar-refractivity contribution in [2.45, 2.75) is 46.6 Å². The van der Waals surface area contributed by atoms with Gasteiger partial charge in [0.25, 0.3) is 0 Å². The van der Waals surface area contributed by atoms with Crippen molar-refractivity contribution in [1.82, 2.24) is 0 Å². The van der Waals surface area contributed by atoms with Gasteiger partial charge < -0.3 is 0 Å². The molecule has 1 atom stereocenters. The molecule has 1 unspecified atom stereocenters. The zero-order valence-corrected chi connectivity index (χ0v) is 14.0. The number of nitrogens with zero attached hydrogens (tertiary/aromatic N) is 1. The lowest BCUT2D eigenvalue weighted by atomic mass is 9.92. The summed E-state index contributed by atoms with van der Waals surface area (Å²) in [7, 11) is 0. The Kier molecular flexibility index (Phi) is 5.48. The van der Waals surface area contributed by atoms with E-state index in [1.807, 2.05) is 30.6 Å². The molecule has 0 aliphatic rings. The minimum Gasteiger partial charge on any atom is -0.292 e. The number of rotatable bonds is 6. The van der Waals surface area contributed by atoms with Gasteiger partial charge in [-0.15, -0.1) is 0 Å². The van der Waals surface area contributed by atoms with E-state index in [9.17, 15) is 4.79 Å². The summed E-state index contributed by atoms with van der Waals surface area (Å²) in [5, 5.41) is 0. The molecule has 116 valence electrons. The van der Waals surface area contributed by atoms with E-state index in [0.717, 1.165) is 6.42 Å². The lowest BCUT2D eigenvalue weighted by Gasteiger charge is -2.15. The molecule has 22 heavy (non-hydrogen) atoms. The predicted octanol–water partition coefficient (Wildman–Crippen LogP) is 3.99. The van der Waals surface area contributed by atoms with Crippen LogP contribution in [-0.4, -0.2) is 5.78 Å². The molecule has 2 rings (SSSR count). The second-order valence-electron chi connectivity index (χ2n) is 6.48. The van der Waals surface area contributed by atoms with E-state index in [1.165, 1.54) is 16.7 Å². The standard InChI is InChI=1S/C20H26NO/c1-15(2)13-19(21-11-6-5-7-12-21)20(22)14-18-16(3)9-8-10-17(18)4/h5-12,15,19H,13-14H2,1-4H3/q+1. The average Bonchev–Trinajstić information content (AvgIpc) is 2.49. The number of carbonyl (C=O) groups is 1. The fourth-order valence-electron chi connectivity index (χ4n) is 2.91. The summed E-state index contributed by atoms with van der Waals surface area (Å²) in [5.41, 5.74) is 3.59. The summed E-state index contributed by atoms with van der Waals surface area (Å²) < 4.78 is 2.05. The molecule has 0 aliphatic heterocycles. The van der Waals surface area contributed by atoms with Crippen LogP contribution in [0.25, 0.3) is 0 Å². The topological polar surface area (TPSA) is 20.9 Å². The summed E-state index contributed by atoms with van der Waals surface area (Å²) in [5.74, 6) is 0.780. The second kappa shape index (κ2) is 7.35. The SMILES string of the molecule is Cc1cccc(C)c1CC(=O)C(CC(C)C)[n+]1ccccc1. The van der Waals surface area contributed by atoms with Crippen molar-refractivity contribution in [2.75, 3.05) is 0 Å². The zero-order chi connectivity index (χ0) is 16.1. The van der Waals surface area contributed by atoms with Crippen LogP contribution >= 0.6 is 0 Å². The molecule has 1 heterocycles. The van der Waals surface area contributed by atoms with Gasteiger partial charge in [0.15, 0.2) is 12.4 Å². The van der Waals surface area contributed by atoms with Crippen molar-refractivity contribution >= 4 is 5.78 Å². The number of Topliss-reactive ketones (excluding diaryl/α,β-unsaturated/α-hetero) is 1. The molecule has 2 nitrogen and oxygen atoms in total. The van der Waals surface area contributed by atoms with E-state index in [2.05, 4.69) is 50.5 Å². The van der Waals surface area contributed by atoms with E-state index < -0.39 is 0 Å². The highest BCUT2D eigenvalue weighted by Crippen LogP contribution is 2.19. The Bertz CT molecular complexity index is 611. The van der Waals surface area contributed by atoms with E-state index in [1.54, 1.807) is 0 Å². The van der Waals surface area contributed by atoms with E-state index in [0.29, 0.717) is 18.1 Å². The first-order valence-corrected chi connectivity index (χ1v) is 8.02. The van der Waals surface area contributed by atoms with E-state index >= 15 is 0 Å². The highest BCUT2D eigenvalue weighted by molar-refractivity contribution is 5.84. The van der Waals surface area contributed by atoms with Gasteiger partial charge >= 0.3 is 0 Å². The maximum absolute atomic E-state index is 12.9. The van der Waals surface area contributed by atoms with Crippen LogP contribution in [0, 0.1) is 19.8 Å². The third-order valence-electron chi connectivity index (χ3n) is 4.16. The Morgan fingerprint density at radius 1 is 1.00 bits per heavy atom. The van der Waals surface area contributed by atoms with Crippen LogP contribution in [0.5, 0.6) is 0 Å². The summed E-state index contributed by atoms with van der Waals surface area (Å²) in [6, 6.07) is 12.1. The molecule has 0 N–H and O–H groups in total. The van der Waals surface area contributed by atoms with Crippen molar-refractivity contribution in [3.05, 3.63) is 65.5 Å². The molecule has 0 spiro atoms. The Morgan fingerprint density at radius 2 is 1.59 bits per heavy atom. The van der Waals surface area contributed by atoms with Crippen molar-refractivity contribution in [3.8, 4) is 0 Å². The molecule has 0 saturated carbocycles. The third kappa shape index (κ3) is 4.03. The third-order valence-corrected chi connectivity index (χ3v) is 4.16. The molecular formula is C20H26NO+. The van der Waals surface area contributed by atoms with Gasteiger partial charge in [-0.25, -0.2) is 0 Å². The van der Waals surface area contributed by atoms with Crippen molar-refractivity contribution in [2.24, 2.45) is 5.92 Å². The van der Waals surface area contributed by atoms with Crippen LogP contribution in [0.2, 0.25) is 0 Å². The molecule has 2 heteroatoms. The molecule has 2 aromatic rings. The summed E-state index contributed by atoms with van der Waals surface area (Å²) in [6.45, 7) is 8.51. The number of hydrogen-bond donors (Lipinski definition) is 0. The molecule has 0 saturated heterocycles. The number of aromatic nitrogens is 1. The maximum Gasteiger partial charge on any atom is 0.216 e. The van der Waals surface area contributed by atoms with Gasteiger partial charge in [0, 0.05) is 25.0 Å². The number of benzene rings is 1. The minimum atomic E-state index is -0.0831. The lowest BCUT2D eigenvalue weighted by molar-refractivity contribution is -0.710. The van der Waals surface area contributed by atoms with Gasteiger partial charge in [-0.05, 0) is 36.5 Å². The largest absolute Gasteiger partial charge is 0.292 e. The Labute approximate surface area is 133 Å². The first-order valence-electron chi connectivity index (χ1n) is 8.02. The summed E-state index contributed by atoms with van der Waals surface area (Å²) in [6.07, 6.45) is 5.38. The quantitative estimate of drug-likeness (QED) is 0.738. The van der Waals surface area contributed by atoms with Crippen LogP contribution in [-0.2, 0) is 11.2 Å².